The van der Waals surface area contributed by atoms with Gasteiger partial charge >= 0.3 is 0 Å². The van der Waals surface area contributed by atoms with E-state index in [-0.39, 0.29) is 18.4 Å². The number of hydrogen-bond acceptors (Lipinski definition) is 6. The quantitative estimate of drug-likeness (QED) is 0.433. The zero-order valence-electron chi connectivity index (χ0n) is 18.0. The molecule has 0 N–H and O–H groups in total. The molecule has 0 spiro atoms. The molecular weight excluding hydrogens is 424 g/mol. The lowest BCUT2D eigenvalue weighted by Crippen LogP contribution is -2.30. The number of furan rings is 1. The summed E-state index contributed by atoms with van der Waals surface area (Å²) in [6.45, 7) is 4.98. The largest absolute Gasteiger partial charge is 0.493 e. The fourth-order valence-electron chi connectivity index (χ4n) is 3.28. The van der Waals surface area contributed by atoms with Gasteiger partial charge in [-0.1, -0.05) is 26.0 Å². The van der Waals surface area contributed by atoms with Crippen molar-refractivity contribution in [3.8, 4) is 5.75 Å². The fourth-order valence-corrected chi connectivity index (χ4v) is 4.31. The van der Waals surface area contributed by atoms with E-state index in [9.17, 15) is 9.59 Å². The Morgan fingerprint density at radius 3 is 2.44 bits per heavy atom. The van der Waals surface area contributed by atoms with Gasteiger partial charge in [-0.3, -0.25) is 19.5 Å². The highest BCUT2D eigenvalue weighted by Crippen LogP contribution is 2.38. The third-order valence-electron chi connectivity index (χ3n) is 4.88. The molecule has 0 unspecified atom stereocenters. The van der Waals surface area contributed by atoms with E-state index in [1.54, 1.807) is 36.9 Å². The lowest BCUT2D eigenvalue weighted by Gasteiger charge is -2.15. The standard InChI is InChI=1S/C25H24N2O4S/c1-17(2)15-31-20-7-5-19(6-8-20)22-23(32-16-21-4-3-13-30-21)25(29)27(24(22)28)14-18-9-11-26-12-10-18/h3-13,17H,14-16H2,1-2H3. The zero-order valence-corrected chi connectivity index (χ0v) is 18.8. The minimum absolute atomic E-state index is 0.198. The summed E-state index contributed by atoms with van der Waals surface area (Å²) in [7, 11) is 0. The molecule has 32 heavy (non-hydrogen) atoms. The second kappa shape index (κ2) is 9.87. The van der Waals surface area contributed by atoms with Crippen molar-refractivity contribution in [3.05, 3.63) is 89.0 Å². The maximum Gasteiger partial charge on any atom is 0.268 e. The fraction of sp³-hybridized carbons (Fsp3) is 0.240. The highest BCUT2D eigenvalue weighted by atomic mass is 32.2. The Morgan fingerprint density at radius 2 is 1.78 bits per heavy atom. The number of rotatable bonds is 9. The van der Waals surface area contributed by atoms with Crippen LogP contribution in [0.25, 0.3) is 5.57 Å². The second-order valence-corrected chi connectivity index (χ2v) is 8.84. The zero-order chi connectivity index (χ0) is 22.5. The molecule has 0 aliphatic carbocycles. The van der Waals surface area contributed by atoms with Crippen LogP contribution in [-0.2, 0) is 21.9 Å². The molecule has 0 fully saturated rings. The first-order valence-electron chi connectivity index (χ1n) is 10.4. The average molecular weight is 449 g/mol. The molecule has 3 heterocycles. The first-order chi connectivity index (χ1) is 15.5. The molecule has 2 aromatic heterocycles. The molecule has 0 radical (unpaired) electrons. The Kier molecular flexibility index (Phi) is 6.75. The van der Waals surface area contributed by atoms with Crippen LogP contribution in [0.4, 0.5) is 0 Å². The van der Waals surface area contributed by atoms with Crippen molar-refractivity contribution in [2.24, 2.45) is 5.92 Å². The van der Waals surface area contributed by atoms with Crippen molar-refractivity contribution < 1.29 is 18.7 Å². The Hall–Kier alpha value is -3.32. The molecule has 6 nitrogen and oxygen atoms in total. The molecule has 0 atom stereocenters. The Bertz CT molecular complexity index is 1110. The average Bonchev–Trinajstić information content (AvgIpc) is 3.40. The number of imide groups is 1. The molecule has 4 rings (SSSR count). The predicted molar refractivity (Wildman–Crippen MR) is 123 cm³/mol. The molecule has 3 aromatic rings. The van der Waals surface area contributed by atoms with Crippen molar-refractivity contribution in [1.82, 2.24) is 9.88 Å². The Balaban J connectivity index is 1.62. The number of thioether (sulfide) groups is 1. The SMILES string of the molecule is CC(C)COc1ccc(C2=C(SCc3ccco3)C(=O)N(Cc3ccncc3)C2=O)cc1. The van der Waals surface area contributed by atoms with Gasteiger partial charge in [0.1, 0.15) is 11.5 Å². The van der Waals surface area contributed by atoms with Gasteiger partial charge in [-0.25, -0.2) is 0 Å². The highest BCUT2D eigenvalue weighted by Gasteiger charge is 2.39. The topological polar surface area (TPSA) is 72.6 Å². The molecular formula is C25H24N2O4S. The summed E-state index contributed by atoms with van der Waals surface area (Å²) >= 11 is 1.32. The van der Waals surface area contributed by atoms with Gasteiger partial charge in [-0.2, -0.15) is 0 Å². The first kappa shape index (κ1) is 21.9. The van der Waals surface area contributed by atoms with Crippen LogP contribution < -0.4 is 4.74 Å². The summed E-state index contributed by atoms with van der Waals surface area (Å²) in [5, 5.41) is 0. The van der Waals surface area contributed by atoms with Crippen LogP contribution in [0.3, 0.4) is 0 Å². The lowest BCUT2D eigenvalue weighted by atomic mass is 10.1. The van der Waals surface area contributed by atoms with E-state index in [1.807, 2.05) is 30.3 Å². The monoisotopic (exact) mass is 448 g/mol. The number of ether oxygens (including phenoxy) is 1. The molecule has 7 heteroatoms. The number of carbonyl (C=O) groups excluding carboxylic acids is 2. The van der Waals surface area contributed by atoms with E-state index in [0.717, 1.165) is 17.1 Å². The van der Waals surface area contributed by atoms with Gasteiger partial charge in [-0.15, -0.1) is 11.8 Å². The summed E-state index contributed by atoms with van der Waals surface area (Å²) in [5.41, 5.74) is 1.95. The molecule has 1 aromatic carbocycles. The minimum Gasteiger partial charge on any atom is -0.493 e. The van der Waals surface area contributed by atoms with E-state index in [1.165, 1.54) is 16.7 Å². The van der Waals surface area contributed by atoms with Crippen molar-refractivity contribution in [1.29, 1.82) is 0 Å². The van der Waals surface area contributed by atoms with Crippen molar-refractivity contribution in [2.45, 2.75) is 26.1 Å². The van der Waals surface area contributed by atoms with Crippen LogP contribution in [0.1, 0.15) is 30.7 Å². The number of carbonyl (C=O) groups is 2. The summed E-state index contributed by atoms with van der Waals surface area (Å²) in [6, 6.07) is 14.6. The third kappa shape index (κ3) is 4.94. The van der Waals surface area contributed by atoms with Gasteiger partial charge < -0.3 is 9.15 Å². The maximum atomic E-state index is 13.4. The Morgan fingerprint density at radius 1 is 1.03 bits per heavy atom. The van der Waals surface area contributed by atoms with Gasteiger partial charge in [0.05, 0.1) is 35.6 Å². The molecule has 0 saturated carbocycles. The van der Waals surface area contributed by atoms with E-state index in [4.69, 9.17) is 9.15 Å². The summed E-state index contributed by atoms with van der Waals surface area (Å²) < 4.78 is 11.2. The highest BCUT2D eigenvalue weighted by molar-refractivity contribution is 8.03. The van der Waals surface area contributed by atoms with Crippen molar-refractivity contribution >= 4 is 29.1 Å². The van der Waals surface area contributed by atoms with Gasteiger partial charge in [0.25, 0.3) is 11.8 Å². The number of pyridine rings is 1. The Labute approximate surface area is 191 Å². The molecule has 164 valence electrons. The first-order valence-corrected chi connectivity index (χ1v) is 11.4. The number of aromatic nitrogens is 1. The summed E-state index contributed by atoms with van der Waals surface area (Å²) in [4.78, 5) is 32.3. The van der Waals surface area contributed by atoms with Gasteiger partial charge in [0.15, 0.2) is 0 Å². The summed E-state index contributed by atoms with van der Waals surface area (Å²) in [6.07, 6.45) is 4.90. The van der Waals surface area contributed by atoms with Crippen LogP contribution >= 0.6 is 11.8 Å². The maximum absolute atomic E-state index is 13.4. The van der Waals surface area contributed by atoms with Gasteiger partial charge in [0, 0.05) is 12.4 Å². The third-order valence-corrected chi connectivity index (χ3v) is 5.98. The van der Waals surface area contributed by atoms with Crippen LogP contribution in [-0.4, -0.2) is 28.3 Å². The minimum atomic E-state index is -0.301. The van der Waals surface area contributed by atoms with E-state index in [2.05, 4.69) is 18.8 Å². The van der Waals surface area contributed by atoms with E-state index >= 15 is 0 Å². The molecule has 0 bridgehead atoms. The molecule has 1 aliphatic rings. The number of hydrogen-bond donors (Lipinski definition) is 0. The normalized spacial score (nSPS) is 14.0. The predicted octanol–water partition coefficient (Wildman–Crippen LogP) is 4.92. The number of amides is 2. The smallest absolute Gasteiger partial charge is 0.268 e. The number of nitrogens with zero attached hydrogens (tertiary/aromatic N) is 2. The van der Waals surface area contributed by atoms with Crippen LogP contribution in [0.5, 0.6) is 5.75 Å². The molecule has 1 aliphatic heterocycles. The van der Waals surface area contributed by atoms with Gasteiger partial charge in [-0.05, 0) is 53.4 Å². The molecule has 2 amide bonds. The van der Waals surface area contributed by atoms with Crippen molar-refractivity contribution in [3.63, 3.8) is 0 Å². The number of benzene rings is 1. The van der Waals surface area contributed by atoms with Crippen LogP contribution in [0.15, 0.2) is 76.5 Å². The van der Waals surface area contributed by atoms with Crippen LogP contribution in [0, 0.1) is 5.92 Å². The van der Waals surface area contributed by atoms with Crippen molar-refractivity contribution in [2.75, 3.05) is 6.61 Å². The van der Waals surface area contributed by atoms with Gasteiger partial charge in [0.2, 0.25) is 0 Å². The second-order valence-electron chi connectivity index (χ2n) is 7.85. The van der Waals surface area contributed by atoms with E-state index < -0.39 is 0 Å². The lowest BCUT2D eigenvalue weighted by molar-refractivity contribution is -0.137. The summed E-state index contributed by atoms with van der Waals surface area (Å²) in [5.74, 6) is 1.76. The molecule has 0 saturated heterocycles. The van der Waals surface area contributed by atoms with Crippen LogP contribution in [0.2, 0.25) is 0 Å². The van der Waals surface area contributed by atoms with E-state index in [0.29, 0.717) is 34.3 Å².